The normalized spacial score (nSPS) is 15.0. The van der Waals surface area contributed by atoms with Crippen molar-refractivity contribution in [3.8, 4) is 0 Å². The Morgan fingerprint density at radius 1 is 1.17 bits per heavy atom. The molecule has 1 aromatic rings. The minimum Gasteiger partial charge on any atom is -0.372 e. The number of anilines is 2. The molecular weight excluding hydrogens is 326 g/mol. The van der Waals surface area contributed by atoms with E-state index in [1.165, 1.54) is 29.1 Å². The van der Waals surface area contributed by atoms with E-state index in [0.29, 0.717) is 6.54 Å². The highest BCUT2D eigenvalue weighted by Crippen LogP contribution is 2.22. The van der Waals surface area contributed by atoms with E-state index in [1.807, 2.05) is 31.2 Å². The molecule has 1 aliphatic heterocycles. The highest BCUT2D eigenvalue weighted by molar-refractivity contribution is 7.88. The number of hydrogen-bond acceptors (Lipinski definition) is 4. The lowest BCUT2D eigenvalue weighted by Crippen LogP contribution is -2.33. The van der Waals surface area contributed by atoms with Crippen LogP contribution in [-0.2, 0) is 14.8 Å². The molecule has 0 saturated carbocycles. The van der Waals surface area contributed by atoms with Crippen molar-refractivity contribution in [2.45, 2.75) is 32.6 Å². The van der Waals surface area contributed by atoms with Gasteiger partial charge in [0.2, 0.25) is 15.9 Å². The maximum absolute atomic E-state index is 12.0. The van der Waals surface area contributed by atoms with Crippen molar-refractivity contribution in [2.24, 2.45) is 0 Å². The summed E-state index contributed by atoms with van der Waals surface area (Å²) in [6, 6.07) is 7.82. The van der Waals surface area contributed by atoms with Crippen molar-refractivity contribution in [1.82, 2.24) is 4.31 Å². The van der Waals surface area contributed by atoms with E-state index in [0.717, 1.165) is 25.2 Å². The van der Waals surface area contributed by atoms with Crippen LogP contribution in [0.25, 0.3) is 0 Å². The van der Waals surface area contributed by atoms with E-state index in [-0.39, 0.29) is 18.9 Å². The summed E-state index contributed by atoms with van der Waals surface area (Å²) < 4.78 is 24.6. The first kappa shape index (κ1) is 18.7. The fourth-order valence-corrected chi connectivity index (χ4v) is 3.81. The summed E-state index contributed by atoms with van der Waals surface area (Å²) in [4.78, 5) is 14.4. The van der Waals surface area contributed by atoms with Gasteiger partial charge < -0.3 is 10.2 Å². The van der Waals surface area contributed by atoms with E-state index >= 15 is 0 Å². The summed E-state index contributed by atoms with van der Waals surface area (Å²) in [6.45, 7) is 4.75. The predicted octanol–water partition coefficient (Wildman–Crippen LogP) is 2.29. The molecule has 0 aliphatic carbocycles. The summed E-state index contributed by atoms with van der Waals surface area (Å²) in [5.41, 5.74) is 1.92. The molecule has 7 heteroatoms. The Labute approximate surface area is 144 Å². The molecule has 2 rings (SSSR count). The van der Waals surface area contributed by atoms with Crippen LogP contribution in [-0.4, -0.2) is 51.1 Å². The molecule has 1 aliphatic rings. The maximum Gasteiger partial charge on any atom is 0.225 e. The molecule has 0 spiro atoms. The minimum atomic E-state index is -3.26. The summed E-state index contributed by atoms with van der Waals surface area (Å²) >= 11 is 0. The van der Waals surface area contributed by atoms with Gasteiger partial charge in [0.25, 0.3) is 0 Å². The fourth-order valence-electron chi connectivity index (χ4n) is 2.87. The quantitative estimate of drug-likeness (QED) is 0.778. The van der Waals surface area contributed by atoms with Gasteiger partial charge in [-0.25, -0.2) is 12.7 Å². The molecule has 1 aromatic carbocycles. The van der Waals surface area contributed by atoms with E-state index < -0.39 is 10.0 Å². The Hall–Kier alpha value is -1.60. The Morgan fingerprint density at radius 2 is 1.79 bits per heavy atom. The van der Waals surface area contributed by atoms with Crippen molar-refractivity contribution in [3.05, 3.63) is 24.3 Å². The number of nitrogens with one attached hydrogen (secondary N) is 1. The number of rotatable bonds is 8. The zero-order valence-electron chi connectivity index (χ0n) is 14.5. The first-order chi connectivity index (χ1) is 11.4. The van der Waals surface area contributed by atoms with Crippen LogP contribution in [0.15, 0.2) is 24.3 Å². The molecule has 1 N–H and O–H groups in total. The molecule has 1 amide bonds. The largest absolute Gasteiger partial charge is 0.372 e. The van der Waals surface area contributed by atoms with Gasteiger partial charge in [0.1, 0.15) is 0 Å². The SMILES string of the molecule is CCCN(CCC(=O)Nc1ccc(N2CCCC2)cc1)S(C)(=O)=O. The average molecular weight is 353 g/mol. The second kappa shape index (κ2) is 8.48. The zero-order valence-corrected chi connectivity index (χ0v) is 15.3. The Morgan fingerprint density at radius 3 is 2.33 bits per heavy atom. The van der Waals surface area contributed by atoms with Gasteiger partial charge in [-0.15, -0.1) is 0 Å². The maximum atomic E-state index is 12.0. The molecule has 1 saturated heterocycles. The number of nitrogens with zero attached hydrogens (tertiary/aromatic N) is 2. The molecule has 0 atom stereocenters. The van der Waals surface area contributed by atoms with Crippen LogP contribution >= 0.6 is 0 Å². The van der Waals surface area contributed by atoms with Gasteiger partial charge in [0, 0.05) is 44.0 Å². The summed E-state index contributed by atoms with van der Waals surface area (Å²) in [5, 5.41) is 2.83. The van der Waals surface area contributed by atoms with Gasteiger partial charge in [-0.05, 0) is 43.5 Å². The first-order valence-electron chi connectivity index (χ1n) is 8.50. The predicted molar refractivity (Wildman–Crippen MR) is 97.8 cm³/mol. The van der Waals surface area contributed by atoms with Crippen LogP contribution in [0.4, 0.5) is 11.4 Å². The number of benzene rings is 1. The zero-order chi connectivity index (χ0) is 17.6. The Kier molecular flexibility index (Phi) is 6.62. The molecular formula is C17H27N3O3S. The Bertz CT molecular complexity index is 638. The van der Waals surface area contributed by atoms with Gasteiger partial charge in [-0.3, -0.25) is 4.79 Å². The third kappa shape index (κ3) is 5.49. The lowest BCUT2D eigenvalue weighted by atomic mass is 10.2. The molecule has 134 valence electrons. The summed E-state index contributed by atoms with van der Waals surface area (Å²) in [7, 11) is -3.26. The molecule has 24 heavy (non-hydrogen) atoms. The third-order valence-corrected chi connectivity index (χ3v) is 5.46. The highest BCUT2D eigenvalue weighted by atomic mass is 32.2. The lowest BCUT2D eigenvalue weighted by Gasteiger charge is -2.19. The van der Waals surface area contributed by atoms with Crippen LogP contribution < -0.4 is 10.2 Å². The van der Waals surface area contributed by atoms with Crippen LogP contribution in [0.2, 0.25) is 0 Å². The van der Waals surface area contributed by atoms with Crippen LogP contribution in [0, 0.1) is 0 Å². The lowest BCUT2D eigenvalue weighted by molar-refractivity contribution is -0.116. The van der Waals surface area contributed by atoms with Gasteiger partial charge >= 0.3 is 0 Å². The van der Waals surface area contributed by atoms with Crippen molar-refractivity contribution < 1.29 is 13.2 Å². The number of amides is 1. The molecule has 0 aromatic heterocycles. The summed E-state index contributed by atoms with van der Waals surface area (Å²) in [5.74, 6) is -0.173. The third-order valence-electron chi connectivity index (χ3n) is 4.15. The number of carbonyl (C=O) groups excluding carboxylic acids is 1. The number of carbonyl (C=O) groups is 1. The Balaban J connectivity index is 1.85. The van der Waals surface area contributed by atoms with Crippen molar-refractivity contribution in [2.75, 3.05) is 42.7 Å². The van der Waals surface area contributed by atoms with E-state index in [2.05, 4.69) is 10.2 Å². The second-order valence-corrected chi connectivity index (χ2v) is 8.18. The average Bonchev–Trinajstić information content (AvgIpc) is 3.05. The fraction of sp³-hybridized carbons (Fsp3) is 0.588. The molecule has 0 radical (unpaired) electrons. The number of hydrogen-bond donors (Lipinski definition) is 1. The standard InChI is InChI=1S/C17H27N3O3S/c1-3-11-20(24(2,22)23)14-10-17(21)18-15-6-8-16(9-7-15)19-12-4-5-13-19/h6-9H,3-5,10-14H2,1-2H3,(H,18,21). The monoisotopic (exact) mass is 353 g/mol. The van der Waals surface area contributed by atoms with Gasteiger partial charge in [-0.1, -0.05) is 6.92 Å². The van der Waals surface area contributed by atoms with Crippen molar-refractivity contribution in [1.29, 1.82) is 0 Å². The van der Waals surface area contributed by atoms with Crippen LogP contribution in [0.3, 0.4) is 0 Å². The molecule has 1 fully saturated rings. The second-order valence-electron chi connectivity index (χ2n) is 6.20. The molecule has 6 nitrogen and oxygen atoms in total. The number of sulfonamides is 1. The van der Waals surface area contributed by atoms with Gasteiger partial charge in [-0.2, -0.15) is 0 Å². The van der Waals surface area contributed by atoms with Crippen LogP contribution in [0.5, 0.6) is 0 Å². The topological polar surface area (TPSA) is 69.7 Å². The molecule has 1 heterocycles. The van der Waals surface area contributed by atoms with E-state index in [9.17, 15) is 13.2 Å². The van der Waals surface area contributed by atoms with Crippen molar-refractivity contribution >= 4 is 27.3 Å². The van der Waals surface area contributed by atoms with E-state index in [4.69, 9.17) is 0 Å². The van der Waals surface area contributed by atoms with E-state index in [1.54, 1.807) is 0 Å². The summed E-state index contributed by atoms with van der Waals surface area (Å²) in [6.07, 6.45) is 4.52. The van der Waals surface area contributed by atoms with Gasteiger partial charge in [0.05, 0.1) is 6.26 Å². The molecule has 0 bridgehead atoms. The smallest absolute Gasteiger partial charge is 0.225 e. The first-order valence-corrected chi connectivity index (χ1v) is 10.3. The highest BCUT2D eigenvalue weighted by Gasteiger charge is 2.17. The van der Waals surface area contributed by atoms with Crippen molar-refractivity contribution in [3.63, 3.8) is 0 Å². The molecule has 0 unspecified atom stereocenters. The minimum absolute atomic E-state index is 0.154. The van der Waals surface area contributed by atoms with Gasteiger partial charge in [0.15, 0.2) is 0 Å². The van der Waals surface area contributed by atoms with Crippen LogP contribution in [0.1, 0.15) is 32.6 Å².